The number of nitrogens with zero attached hydrogens (tertiary/aromatic N) is 1. The summed E-state index contributed by atoms with van der Waals surface area (Å²) in [5.74, 6) is 0.163. The standard InChI is InChI=1S/C17H18N2O5/c1-18-17(20)13-5-8-16(15(11-13)19(21)22)24-14-6-3-12(4-7-14)9-10-23-2/h3-8,11H,9-10H2,1-2H3,(H,18,20). The number of nitrogens with one attached hydrogen (secondary N) is 1. The van der Waals surface area contributed by atoms with Crippen LogP contribution in [0.1, 0.15) is 15.9 Å². The minimum absolute atomic E-state index is 0.0808. The first kappa shape index (κ1) is 17.4. The Morgan fingerprint density at radius 2 is 1.92 bits per heavy atom. The molecule has 0 fully saturated rings. The lowest BCUT2D eigenvalue weighted by Gasteiger charge is -2.08. The van der Waals surface area contributed by atoms with Gasteiger partial charge in [0.2, 0.25) is 5.75 Å². The van der Waals surface area contributed by atoms with Crippen LogP contribution >= 0.6 is 0 Å². The van der Waals surface area contributed by atoms with Gasteiger partial charge in [0.15, 0.2) is 0 Å². The van der Waals surface area contributed by atoms with Crippen molar-refractivity contribution in [2.24, 2.45) is 0 Å². The summed E-state index contributed by atoms with van der Waals surface area (Å²) in [5.41, 5.74) is 1.01. The van der Waals surface area contributed by atoms with E-state index in [1.165, 1.54) is 25.2 Å². The molecule has 0 saturated carbocycles. The van der Waals surface area contributed by atoms with Crippen molar-refractivity contribution in [1.29, 1.82) is 0 Å². The van der Waals surface area contributed by atoms with Crippen LogP contribution in [0.5, 0.6) is 11.5 Å². The van der Waals surface area contributed by atoms with Gasteiger partial charge in [0.05, 0.1) is 11.5 Å². The maximum Gasteiger partial charge on any atom is 0.312 e. The number of carbonyl (C=O) groups is 1. The molecule has 2 aromatic carbocycles. The number of nitro benzene ring substituents is 1. The van der Waals surface area contributed by atoms with E-state index in [1.54, 1.807) is 19.2 Å². The molecule has 0 heterocycles. The molecule has 0 aliphatic heterocycles. The van der Waals surface area contributed by atoms with Crippen molar-refractivity contribution in [3.05, 3.63) is 63.7 Å². The number of ether oxygens (including phenoxy) is 2. The summed E-state index contributed by atoms with van der Waals surface area (Å²) in [5, 5.41) is 13.7. The number of hydrogen-bond donors (Lipinski definition) is 1. The molecule has 24 heavy (non-hydrogen) atoms. The molecule has 7 nitrogen and oxygen atoms in total. The van der Waals surface area contributed by atoms with Crippen LogP contribution in [-0.4, -0.2) is 31.6 Å². The molecule has 0 aromatic heterocycles. The number of rotatable bonds is 7. The van der Waals surface area contributed by atoms with E-state index in [1.807, 2.05) is 12.1 Å². The third-order valence-corrected chi connectivity index (χ3v) is 3.39. The summed E-state index contributed by atoms with van der Waals surface area (Å²) in [7, 11) is 3.10. The van der Waals surface area contributed by atoms with Crippen molar-refractivity contribution in [2.45, 2.75) is 6.42 Å². The van der Waals surface area contributed by atoms with Crippen molar-refractivity contribution in [3.8, 4) is 11.5 Å². The van der Waals surface area contributed by atoms with Crippen LogP contribution in [0.15, 0.2) is 42.5 Å². The van der Waals surface area contributed by atoms with Gasteiger partial charge in [-0.25, -0.2) is 0 Å². The summed E-state index contributed by atoms with van der Waals surface area (Å²) in [4.78, 5) is 22.2. The molecule has 1 amide bonds. The lowest BCUT2D eigenvalue weighted by Crippen LogP contribution is -2.17. The Kier molecular flexibility index (Phi) is 5.86. The summed E-state index contributed by atoms with van der Waals surface area (Å²) in [6.45, 7) is 0.618. The molecule has 2 aromatic rings. The SMILES string of the molecule is CNC(=O)c1ccc(Oc2ccc(CCOC)cc2)c([N+](=O)[O-])c1. The molecule has 126 valence electrons. The fraction of sp³-hybridized carbons (Fsp3) is 0.235. The van der Waals surface area contributed by atoms with Crippen LogP contribution in [0.2, 0.25) is 0 Å². The van der Waals surface area contributed by atoms with Crippen LogP contribution in [-0.2, 0) is 11.2 Å². The summed E-state index contributed by atoms with van der Waals surface area (Å²) < 4.78 is 10.6. The van der Waals surface area contributed by atoms with E-state index in [-0.39, 0.29) is 17.0 Å². The first-order valence-corrected chi connectivity index (χ1v) is 7.31. The molecule has 1 N–H and O–H groups in total. The minimum atomic E-state index is -0.575. The number of methoxy groups -OCH3 is 1. The van der Waals surface area contributed by atoms with E-state index >= 15 is 0 Å². The summed E-state index contributed by atoms with van der Waals surface area (Å²) >= 11 is 0. The van der Waals surface area contributed by atoms with Crippen LogP contribution in [0.25, 0.3) is 0 Å². The van der Waals surface area contributed by atoms with E-state index in [9.17, 15) is 14.9 Å². The zero-order valence-electron chi connectivity index (χ0n) is 13.4. The maximum atomic E-state index is 11.6. The van der Waals surface area contributed by atoms with E-state index in [2.05, 4.69) is 5.32 Å². The molecule has 2 rings (SSSR count). The third kappa shape index (κ3) is 4.30. The average molecular weight is 330 g/mol. The number of benzene rings is 2. The van der Waals surface area contributed by atoms with Gasteiger partial charge in [-0.05, 0) is 36.2 Å². The zero-order chi connectivity index (χ0) is 17.5. The highest BCUT2D eigenvalue weighted by molar-refractivity contribution is 5.95. The molecule has 7 heteroatoms. The predicted octanol–water partition coefficient (Wildman–Crippen LogP) is 2.94. The Balaban J connectivity index is 2.22. The van der Waals surface area contributed by atoms with E-state index < -0.39 is 10.8 Å². The third-order valence-electron chi connectivity index (χ3n) is 3.39. The summed E-state index contributed by atoms with van der Waals surface area (Å²) in [6, 6.07) is 11.3. The van der Waals surface area contributed by atoms with Gasteiger partial charge in [-0.1, -0.05) is 12.1 Å². The maximum absolute atomic E-state index is 11.6. The first-order valence-electron chi connectivity index (χ1n) is 7.31. The second-order valence-corrected chi connectivity index (χ2v) is 5.01. The van der Waals surface area contributed by atoms with Crippen molar-refractivity contribution >= 4 is 11.6 Å². The molecule has 0 atom stereocenters. The molecule has 0 saturated heterocycles. The molecular weight excluding hydrogens is 312 g/mol. The normalized spacial score (nSPS) is 10.2. The molecule has 0 bridgehead atoms. The first-order chi connectivity index (χ1) is 11.5. The number of hydrogen-bond acceptors (Lipinski definition) is 5. The van der Waals surface area contributed by atoms with E-state index in [4.69, 9.17) is 9.47 Å². The Hall–Kier alpha value is -2.93. The van der Waals surface area contributed by atoms with Gasteiger partial charge < -0.3 is 14.8 Å². The van der Waals surface area contributed by atoms with Crippen LogP contribution in [0.4, 0.5) is 5.69 Å². The predicted molar refractivity (Wildman–Crippen MR) is 88.6 cm³/mol. The van der Waals surface area contributed by atoms with Gasteiger partial charge in [0, 0.05) is 25.8 Å². The second-order valence-electron chi connectivity index (χ2n) is 5.01. The molecular formula is C17H18N2O5. The molecule has 0 aliphatic carbocycles. The number of nitro groups is 1. The number of amides is 1. The highest BCUT2D eigenvalue weighted by Gasteiger charge is 2.19. The van der Waals surface area contributed by atoms with Crippen LogP contribution in [0.3, 0.4) is 0 Å². The van der Waals surface area contributed by atoms with Gasteiger partial charge in [-0.15, -0.1) is 0 Å². The average Bonchev–Trinajstić information content (AvgIpc) is 2.60. The van der Waals surface area contributed by atoms with Gasteiger partial charge in [0.25, 0.3) is 5.91 Å². The van der Waals surface area contributed by atoms with Gasteiger partial charge in [-0.3, -0.25) is 14.9 Å². The van der Waals surface area contributed by atoms with Crippen LogP contribution in [0, 0.1) is 10.1 Å². The Morgan fingerprint density at radius 1 is 1.21 bits per heavy atom. The minimum Gasteiger partial charge on any atom is -0.450 e. The van der Waals surface area contributed by atoms with Crippen molar-refractivity contribution < 1.29 is 19.2 Å². The van der Waals surface area contributed by atoms with Crippen molar-refractivity contribution in [1.82, 2.24) is 5.32 Å². The van der Waals surface area contributed by atoms with E-state index in [0.29, 0.717) is 12.4 Å². The fourth-order valence-electron chi connectivity index (χ4n) is 2.10. The Morgan fingerprint density at radius 3 is 2.50 bits per heavy atom. The van der Waals surface area contributed by atoms with Gasteiger partial charge in [-0.2, -0.15) is 0 Å². The summed E-state index contributed by atoms with van der Waals surface area (Å²) in [6.07, 6.45) is 0.776. The molecule has 0 aliphatic rings. The Labute approximate surface area is 139 Å². The fourth-order valence-corrected chi connectivity index (χ4v) is 2.10. The van der Waals surface area contributed by atoms with Crippen molar-refractivity contribution in [2.75, 3.05) is 20.8 Å². The second kappa shape index (κ2) is 8.07. The monoisotopic (exact) mass is 330 g/mol. The van der Waals surface area contributed by atoms with Gasteiger partial charge >= 0.3 is 5.69 Å². The number of carbonyl (C=O) groups excluding carboxylic acids is 1. The quantitative estimate of drug-likeness (QED) is 0.622. The lowest BCUT2D eigenvalue weighted by atomic mass is 10.1. The zero-order valence-corrected chi connectivity index (χ0v) is 13.4. The van der Waals surface area contributed by atoms with Crippen molar-refractivity contribution in [3.63, 3.8) is 0 Å². The topological polar surface area (TPSA) is 90.7 Å². The molecule has 0 radical (unpaired) electrons. The molecule has 0 spiro atoms. The largest absolute Gasteiger partial charge is 0.450 e. The smallest absolute Gasteiger partial charge is 0.312 e. The van der Waals surface area contributed by atoms with E-state index in [0.717, 1.165) is 12.0 Å². The Bertz CT molecular complexity index is 728. The van der Waals surface area contributed by atoms with Gasteiger partial charge in [0.1, 0.15) is 5.75 Å². The highest BCUT2D eigenvalue weighted by atomic mass is 16.6. The highest BCUT2D eigenvalue weighted by Crippen LogP contribution is 2.32. The molecule has 0 unspecified atom stereocenters. The lowest BCUT2D eigenvalue weighted by molar-refractivity contribution is -0.385. The van der Waals surface area contributed by atoms with Crippen LogP contribution < -0.4 is 10.1 Å².